The summed E-state index contributed by atoms with van der Waals surface area (Å²) in [5.41, 5.74) is 0.492. The second-order valence-corrected chi connectivity index (χ2v) is 8.00. The molecule has 3 rings (SSSR count). The summed E-state index contributed by atoms with van der Waals surface area (Å²) in [4.78, 5) is 2.88. The van der Waals surface area contributed by atoms with E-state index in [2.05, 4.69) is 24.1 Å². The largest absolute Gasteiger partial charge is 0.308 e. The fraction of sp³-hybridized carbons (Fsp3) is 1.00. The standard InChI is InChI=1S/C18H34N2/c1-3-17-12-19-18(9-4-5-10-18)14-20(17)13-16-8-6-7-15(2)11-16/h15-17,19H,3-14H2,1-2H3. The molecular weight excluding hydrogens is 244 g/mol. The van der Waals surface area contributed by atoms with E-state index in [9.17, 15) is 0 Å². The summed E-state index contributed by atoms with van der Waals surface area (Å²) in [6.45, 7) is 8.77. The molecule has 1 N–H and O–H groups in total. The number of rotatable bonds is 3. The molecule has 1 heterocycles. The molecule has 3 fully saturated rings. The van der Waals surface area contributed by atoms with Gasteiger partial charge in [-0.05, 0) is 43.9 Å². The van der Waals surface area contributed by atoms with E-state index in [1.807, 2.05) is 0 Å². The number of piperazine rings is 1. The Morgan fingerprint density at radius 3 is 2.65 bits per heavy atom. The van der Waals surface area contributed by atoms with Crippen molar-refractivity contribution in [2.24, 2.45) is 11.8 Å². The maximum atomic E-state index is 3.93. The number of hydrogen-bond acceptors (Lipinski definition) is 2. The molecule has 2 nitrogen and oxygen atoms in total. The van der Waals surface area contributed by atoms with Crippen molar-refractivity contribution in [1.29, 1.82) is 0 Å². The molecule has 0 aromatic rings. The van der Waals surface area contributed by atoms with Crippen LogP contribution in [0.4, 0.5) is 0 Å². The van der Waals surface area contributed by atoms with E-state index in [4.69, 9.17) is 0 Å². The van der Waals surface area contributed by atoms with E-state index < -0.39 is 0 Å². The first kappa shape index (κ1) is 14.8. The van der Waals surface area contributed by atoms with Gasteiger partial charge in [0, 0.05) is 31.2 Å². The van der Waals surface area contributed by atoms with Crippen molar-refractivity contribution in [2.75, 3.05) is 19.6 Å². The molecular formula is C18H34N2. The predicted octanol–water partition coefficient (Wildman–Crippen LogP) is 3.81. The van der Waals surface area contributed by atoms with Gasteiger partial charge >= 0.3 is 0 Å². The number of nitrogens with zero attached hydrogens (tertiary/aromatic N) is 1. The highest BCUT2D eigenvalue weighted by molar-refractivity contribution is 5.01. The van der Waals surface area contributed by atoms with Crippen molar-refractivity contribution in [1.82, 2.24) is 10.2 Å². The quantitative estimate of drug-likeness (QED) is 0.844. The van der Waals surface area contributed by atoms with E-state index in [0.717, 1.165) is 17.9 Å². The molecule has 116 valence electrons. The molecule has 0 aromatic heterocycles. The molecule has 0 aromatic carbocycles. The van der Waals surface area contributed by atoms with Gasteiger partial charge in [0.25, 0.3) is 0 Å². The van der Waals surface area contributed by atoms with Crippen LogP contribution in [0, 0.1) is 11.8 Å². The van der Waals surface area contributed by atoms with Gasteiger partial charge in [-0.2, -0.15) is 0 Å². The van der Waals surface area contributed by atoms with Gasteiger partial charge in [0.1, 0.15) is 0 Å². The molecule has 3 unspecified atom stereocenters. The Balaban J connectivity index is 1.61. The molecule has 2 aliphatic carbocycles. The van der Waals surface area contributed by atoms with E-state index in [-0.39, 0.29) is 0 Å². The van der Waals surface area contributed by atoms with Crippen LogP contribution in [0.15, 0.2) is 0 Å². The summed E-state index contributed by atoms with van der Waals surface area (Å²) in [5, 5.41) is 3.93. The van der Waals surface area contributed by atoms with Crippen molar-refractivity contribution < 1.29 is 0 Å². The fourth-order valence-electron chi connectivity index (χ4n) is 5.10. The van der Waals surface area contributed by atoms with Crippen molar-refractivity contribution >= 4 is 0 Å². The Bertz CT molecular complexity index is 309. The molecule has 3 aliphatic rings. The maximum Gasteiger partial charge on any atom is 0.0309 e. The second-order valence-electron chi connectivity index (χ2n) is 8.00. The Kier molecular flexibility index (Phi) is 4.72. The van der Waals surface area contributed by atoms with Crippen molar-refractivity contribution in [3.05, 3.63) is 0 Å². The van der Waals surface area contributed by atoms with Crippen LogP contribution < -0.4 is 5.32 Å². The van der Waals surface area contributed by atoms with Crippen LogP contribution in [0.5, 0.6) is 0 Å². The lowest BCUT2D eigenvalue weighted by Gasteiger charge is -2.48. The molecule has 1 saturated heterocycles. The van der Waals surface area contributed by atoms with Crippen LogP contribution in [0.3, 0.4) is 0 Å². The van der Waals surface area contributed by atoms with Crippen LogP contribution in [0.25, 0.3) is 0 Å². The highest BCUT2D eigenvalue weighted by atomic mass is 15.3. The van der Waals surface area contributed by atoms with Gasteiger partial charge in [-0.3, -0.25) is 4.90 Å². The molecule has 2 saturated carbocycles. The van der Waals surface area contributed by atoms with Gasteiger partial charge in [-0.1, -0.05) is 39.5 Å². The van der Waals surface area contributed by atoms with E-state index in [1.54, 1.807) is 0 Å². The van der Waals surface area contributed by atoms with E-state index >= 15 is 0 Å². The highest BCUT2D eigenvalue weighted by Crippen LogP contribution is 2.35. The lowest BCUT2D eigenvalue weighted by molar-refractivity contribution is 0.0542. The average molecular weight is 278 g/mol. The topological polar surface area (TPSA) is 15.3 Å². The number of nitrogens with one attached hydrogen (secondary N) is 1. The lowest BCUT2D eigenvalue weighted by atomic mass is 9.81. The van der Waals surface area contributed by atoms with Gasteiger partial charge in [-0.15, -0.1) is 0 Å². The zero-order chi connectivity index (χ0) is 14.0. The molecule has 0 bridgehead atoms. The van der Waals surface area contributed by atoms with Crippen LogP contribution in [0.2, 0.25) is 0 Å². The number of hydrogen-bond donors (Lipinski definition) is 1. The van der Waals surface area contributed by atoms with Gasteiger partial charge < -0.3 is 5.32 Å². The fourth-order valence-corrected chi connectivity index (χ4v) is 5.10. The minimum Gasteiger partial charge on any atom is -0.308 e. The van der Waals surface area contributed by atoms with Gasteiger partial charge in [0.2, 0.25) is 0 Å². The highest BCUT2D eigenvalue weighted by Gasteiger charge is 2.41. The van der Waals surface area contributed by atoms with Crippen LogP contribution in [0.1, 0.15) is 71.6 Å². The summed E-state index contributed by atoms with van der Waals surface area (Å²) < 4.78 is 0. The maximum absolute atomic E-state index is 3.93. The minimum atomic E-state index is 0.492. The molecule has 1 aliphatic heterocycles. The predicted molar refractivity (Wildman–Crippen MR) is 86.0 cm³/mol. The van der Waals surface area contributed by atoms with Crippen molar-refractivity contribution in [3.63, 3.8) is 0 Å². The lowest BCUT2D eigenvalue weighted by Crippen LogP contribution is -2.63. The van der Waals surface area contributed by atoms with Gasteiger partial charge in [0.05, 0.1) is 0 Å². The molecule has 3 atom stereocenters. The van der Waals surface area contributed by atoms with Crippen molar-refractivity contribution in [3.8, 4) is 0 Å². The summed E-state index contributed by atoms with van der Waals surface area (Å²) in [6, 6.07) is 0.790. The third kappa shape index (κ3) is 3.22. The molecule has 2 heteroatoms. The normalized spacial score (nSPS) is 38.4. The summed E-state index contributed by atoms with van der Waals surface area (Å²) >= 11 is 0. The summed E-state index contributed by atoms with van der Waals surface area (Å²) in [6.07, 6.45) is 12.9. The SMILES string of the molecule is CCC1CNC2(CCCC2)CN1CC1CCCC(C)C1. The molecule has 0 radical (unpaired) electrons. The van der Waals surface area contributed by atoms with Crippen molar-refractivity contribution in [2.45, 2.75) is 83.2 Å². The Labute approximate surface area is 125 Å². The summed E-state index contributed by atoms with van der Waals surface area (Å²) in [5.74, 6) is 1.95. The van der Waals surface area contributed by atoms with E-state index in [0.29, 0.717) is 5.54 Å². The van der Waals surface area contributed by atoms with Crippen LogP contribution >= 0.6 is 0 Å². The second kappa shape index (κ2) is 6.36. The van der Waals surface area contributed by atoms with Crippen LogP contribution in [-0.4, -0.2) is 36.1 Å². The smallest absolute Gasteiger partial charge is 0.0309 e. The first-order chi connectivity index (χ1) is 9.71. The first-order valence-corrected chi connectivity index (χ1v) is 9.20. The third-order valence-corrected chi connectivity index (χ3v) is 6.30. The third-order valence-electron chi connectivity index (χ3n) is 6.30. The summed E-state index contributed by atoms with van der Waals surface area (Å²) in [7, 11) is 0. The first-order valence-electron chi connectivity index (χ1n) is 9.20. The Morgan fingerprint density at radius 1 is 1.15 bits per heavy atom. The van der Waals surface area contributed by atoms with Crippen LogP contribution in [-0.2, 0) is 0 Å². The molecule has 20 heavy (non-hydrogen) atoms. The zero-order valence-corrected chi connectivity index (χ0v) is 13.7. The molecule has 1 spiro atoms. The Hall–Kier alpha value is -0.0800. The van der Waals surface area contributed by atoms with Gasteiger partial charge in [0.15, 0.2) is 0 Å². The average Bonchev–Trinajstić information content (AvgIpc) is 2.87. The monoisotopic (exact) mass is 278 g/mol. The molecule has 0 amide bonds. The zero-order valence-electron chi connectivity index (χ0n) is 13.7. The Morgan fingerprint density at radius 2 is 1.95 bits per heavy atom. The van der Waals surface area contributed by atoms with E-state index in [1.165, 1.54) is 77.4 Å². The van der Waals surface area contributed by atoms with Gasteiger partial charge in [-0.25, -0.2) is 0 Å². The minimum absolute atomic E-state index is 0.492.